The van der Waals surface area contributed by atoms with Crippen molar-refractivity contribution in [1.82, 2.24) is 4.90 Å². The summed E-state index contributed by atoms with van der Waals surface area (Å²) in [6.07, 6.45) is 1.51. The van der Waals surface area contributed by atoms with Crippen molar-refractivity contribution in [3.8, 4) is 0 Å². The number of para-hydroxylation sites is 2. The largest absolute Gasteiger partial charge is 0.362 e. The first-order chi connectivity index (χ1) is 10.9. The number of nitrogens with two attached hydrogens (primary N) is 1. The number of amides is 1. The molecule has 23 heavy (non-hydrogen) atoms. The topological polar surface area (TPSA) is 92.7 Å². The third kappa shape index (κ3) is 3.79. The van der Waals surface area contributed by atoms with E-state index in [9.17, 15) is 14.9 Å². The maximum absolute atomic E-state index is 12.5. The van der Waals surface area contributed by atoms with Gasteiger partial charge in [-0.1, -0.05) is 25.5 Å². The highest BCUT2D eigenvalue weighted by atomic mass is 16.6. The standard InChI is InChI=1S/C16H24N4O3/c1-3-8-16(2,17)15(21)19-11-9-18(10-12-19)13-6-4-5-7-14(13)20(22)23/h4-7H,3,8-12,17H2,1-2H3. The molecule has 1 aliphatic rings. The van der Waals surface area contributed by atoms with E-state index in [1.165, 1.54) is 6.07 Å². The Morgan fingerprint density at radius 3 is 2.48 bits per heavy atom. The molecule has 0 saturated carbocycles. The second kappa shape index (κ2) is 6.95. The van der Waals surface area contributed by atoms with Gasteiger partial charge in [-0.25, -0.2) is 0 Å². The fraction of sp³-hybridized carbons (Fsp3) is 0.562. The van der Waals surface area contributed by atoms with E-state index in [2.05, 4.69) is 0 Å². The fourth-order valence-electron chi connectivity index (χ4n) is 3.02. The van der Waals surface area contributed by atoms with Gasteiger partial charge in [0.25, 0.3) is 5.69 Å². The van der Waals surface area contributed by atoms with Gasteiger partial charge < -0.3 is 15.5 Å². The zero-order valence-electron chi connectivity index (χ0n) is 13.7. The van der Waals surface area contributed by atoms with E-state index in [1.54, 1.807) is 30.0 Å². The predicted molar refractivity (Wildman–Crippen MR) is 89.4 cm³/mol. The molecule has 1 aliphatic heterocycles. The number of hydrogen-bond donors (Lipinski definition) is 1. The van der Waals surface area contributed by atoms with Gasteiger partial charge in [0.2, 0.25) is 5.91 Å². The van der Waals surface area contributed by atoms with Gasteiger partial charge in [0.1, 0.15) is 5.69 Å². The van der Waals surface area contributed by atoms with Crippen molar-refractivity contribution in [2.24, 2.45) is 5.73 Å². The van der Waals surface area contributed by atoms with E-state index >= 15 is 0 Å². The zero-order valence-corrected chi connectivity index (χ0v) is 13.7. The van der Waals surface area contributed by atoms with Gasteiger partial charge in [0, 0.05) is 32.2 Å². The monoisotopic (exact) mass is 320 g/mol. The summed E-state index contributed by atoms with van der Waals surface area (Å²) < 4.78 is 0. The molecule has 0 spiro atoms. The molecule has 1 aromatic rings. The smallest absolute Gasteiger partial charge is 0.292 e. The van der Waals surface area contributed by atoms with E-state index in [-0.39, 0.29) is 16.5 Å². The lowest BCUT2D eigenvalue weighted by atomic mass is 9.95. The van der Waals surface area contributed by atoms with E-state index in [0.29, 0.717) is 38.3 Å². The minimum atomic E-state index is -0.838. The molecule has 0 radical (unpaired) electrons. The summed E-state index contributed by atoms with van der Waals surface area (Å²) in [4.78, 5) is 27.0. The number of nitrogens with zero attached hydrogens (tertiary/aromatic N) is 3. The minimum Gasteiger partial charge on any atom is -0.362 e. The van der Waals surface area contributed by atoms with Crippen molar-refractivity contribution in [3.05, 3.63) is 34.4 Å². The lowest BCUT2D eigenvalue weighted by Crippen LogP contribution is -2.58. The molecular weight excluding hydrogens is 296 g/mol. The minimum absolute atomic E-state index is 0.0402. The molecule has 0 aromatic heterocycles. The van der Waals surface area contributed by atoms with Crippen molar-refractivity contribution >= 4 is 17.3 Å². The molecule has 1 amide bonds. The Balaban J connectivity index is 2.05. The van der Waals surface area contributed by atoms with Crippen molar-refractivity contribution in [2.75, 3.05) is 31.1 Å². The third-order valence-corrected chi connectivity index (χ3v) is 4.24. The Kier molecular flexibility index (Phi) is 5.20. The highest BCUT2D eigenvalue weighted by molar-refractivity contribution is 5.86. The van der Waals surface area contributed by atoms with Crippen LogP contribution in [0.25, 0.3) is 0 Å². The SMILES string of the molecule is CCCC(C)(N)C(=O)N1CCN(c2ccccc2[N+](=O)[O-])CC1. The summed E-state index contributed by atoms with van der Waals surface area (Å²) in [5.41, 5.74) is 5.98. The van der Waals surface area contributed by atoms with Crippen LogP contribution in [0.2, 0.25) is 0 Å². The number of carbonyl (C=O) groups excluding carboxylic acids is 1. The van der Waals surface area contributed by atoms with Crippen LogP contribution in [-0.2, 0) is 4.79 Å². The number of piperazine rings is 1. The van der Waals surface area contributed by atoms with Crippen LogP contribution in [-0.4, -0.2) is 47.4 Å². The number of rotatable bonds is 5. The quantitative estimate of drug-likeness (QED) is 0.659. The number of hydrogen-bond acceptors (Lipinski definition) is 5. The second-order valence-corrected chi connectivity index (χ2v) is 6.19. The molecule has 0 bridgehead atoms. The van der Waals surface area contributed by atoms with E-state index in [1.807, 2.05) is 11.8 Å². The molecular formula is C16H24N4O3. The summed E-state index contributed by atoms with van der Waals surface area (Å²) in [5, 5.41) is 11.1. The highest BCUT2D eigenvalue weighted by Gasteiger charge is 2.34. The molecule has 2 rings (SSSR count). The number of benzene rings is 1. The van der Waals surface area contributed by atoms with Crippen LogP contribution in [0.4, 0.5) is 11.4 Å². The Morgan fingerprint density at radius 1 is 1.30 bits per heavy atom. The molecule has 1 fully saturated rings. The van der Waals surface area contributed by atoms with Gasteiger partial charge in [0.15, 0.2) is 0 Å². The Labute approximate surface area is 136 Å². The van der Waals surface area contributed by atoms with Crippen LogP contribution >= 0.6 is 0 Å². The Hall–Kier alpha value is -2.15. The summed E-state index contributed by atoms with van der Waals surface area (Å²) in [6.45, 7) is 5.97. The fourth-order valence-corrected chi connectivity index (χ4v) is 3.02. The summed E-state index contributed by atoms with van der Waals surface area (Å²) >= 11 is 0. The van der Waals surface area contributed by atoms with Crippen LogP contribution < -0.4 is 10.6 Å². The second-order valence-electron chi connectivity index (χ2n) is 6.19. The van der Waals surface area contributed by atoms with E-state index in [0.717, 1.165) is 6.42 Å². The van der Waals surface area contributed by atoms with Crippen LogP contribution in [0.5, 0.6) is 0 Å². The van der Waals surface area contributed by atoms with Gasteiger partial charge in [-0.3, -0.25) is 14.9 Å². The molecule has 1 unspecified atom stereocenters. The lowest BCUT2D eigenvalue weighted by Gasteiger charge is -2.39. The predicted octanol–water partition coefficient (Wildman–Crippen LogP) is 1.76. The number of nitro benzene ring substituents is 1. The average Bonchev–Trinajstić information content (AvgIpc) is 2.54. The Bertz CT molecular complexity index is 580. The molecule has 1 atom stereocenters. The zero-order chi connectivity index (χ0) is 17.0. The van der Waals surface area contributed by atoms with Crippen molar-refractivity contribution in [3.63, 3.8) is 0 Å². The number of nitro groups is 1. The average molecular weight is 320 g/mol. The normalized spacial score (nSPS) is 17.7. The van der Waals surface area contributed by atoms with Crippen LogP contribution in [0.1, 0.15) is 26.7 Å². The molecule has 7 heteroatoms. The first-order valence-electron chi connectivity index (χ1n) is 7.93. The van der Waals surface area contributed by atoms with Gasteiger partial charge in [-0.15, -0.1) is 0 Å². The van der Waals surface area contributed by atoms with Crippen LogP contribution in [0.3, 0.4) is 0 Å². The summed E-state index contributed by atoms with van der Waals surface area (Å²) in [6, 6.07) is 6.70. The summed E-state index contributed by atoms with van der Waals surface area (Å²) in [5.74, 6) is -0.0402. The Morgan fingerprint density at radius 2 is 1.91 bits per heavy atom. The highest BCUT2D eigenvalue weighted by Crippen LogP contribution is 2.28. The number of anilines is 1. The van der Waals surface area contributed by atoms with Gasteiger partial charge in [-0.2, -0.15) is 0 Å². The van der Waals surface area contributed by atoms with Crippen LogP contribution in [0.15, 0.2) is 24.3 Å². The molecule has 1 saturated heterocycles. The molecule has 126 valence electrons. The van der Waals surface area contributed by atoms with E-state index in [4.69, 9.17) is 5.73 Å². The molecule has 7 nitrogen and oxygen atoms in total. The van der Waals surface area contributed by atoms with Crippen molar-refractivity contribution < 1.29 is 9.72 Å². The summed E-state index contributed by atoms with van der Waals surface area (Å²) in [7, 11) is 0. The molecule has 2 N–H and O–H groups in total. The van der Waals surface area contributed by atoms with Gasteiger partial charge in [-0.05, 0) is 19.4 Å². The number of carbonyl (C=O) groups is 1. The first-order valence-corrected chi connectivity index (χ1v) is 7.93. The molecule has 1 aromatic carbocycles. The van der Waals surface area contributed by atoms with Crippen LogP contribution in [0, 0.1) is 10.1 Å². The molecule has 1 heterocycles. The maximum atomic E-state index is 12.5. The van der Waals surface area contributed by atoms with Gasteiger partial charge >= 0.3 is 0 Å². The molecule has 0 aliphatic carbocycles. The first kappa shape index (κ1) is 17.2. The maximum Gasteiger partial charge on any atom is 0.292 e. The lowest BCUT2D eigenvalue weighted by molar-refractivity contribution is -0.384. The van der Waals surface area contributed by atoms with Crippen molar-refractivity contribution in [1.29, 1.82) is 0 Å². The van der Waals surface area contributed by atoms with Gasteiger partial charge in [0.05, 0.1) is 10.5 Å². The van der Waals surface area contributed by atoms with E-state index < -0.39 is 5.54 Å². The third-order valence-electron chi connectivity index (χ3n) is 4.24. The van der Waals surface area contributed by atoms with Crippen molar-refractivity contribution in [2.45, 2.75) is 32.2 Å².